The highest BCUT2D eigenvalue weighted by Gasteiger charge is 2.19. The number of carboxylic acid groups (broad SMARTS) is 2. The lowest BCUT2D eigenvalue weighted by Gasteiger charge is -2.07. The van der Waals surface area contributed by atoms with Crippen LogP contribution in [-0.4, -0.2) is 28.1 Å². The van der Waals surface area contributed by atoms with Gasteiger partial charge in [-0.25, -0.2) is 9.59 Å². The fourth-order valence-electron chi connectivity index (χ4n) is 1.52. The van der Waals surface area contributed by atoms with Gasteiger partial charge in [-0.1, -0.05) is 30.3 Å². The summed E-state index contributed by atoms with van der Waals surface area (Å²) in [6, 6.07) is 9.11. The van der Waals surface area contributed by atoms with Crippen LogP contribution in [0.1, 0.15) is 18.9 Å². The SMILES string of the molecule is C/C(C(=O)O)=C(/CC(=O)NCc1ccccc1)C(=O)O. The molecule has 1 rings (SSSR count). The first-order chi connectivity index (χ1) is 9.41. The molecule has 0 heterocycles. The lowest BCUT2D eigenvalue weighted by Crippen LogP contribution is -2.25. The minimum absolute atomic E-state index is 0.263. The van der Waals surface area contributed by atoms with Crippen molar-refractivity contribution in [2.24, 2.45) is 0 Å². The second kappa shape index (κ2) is 7.08. The van der Waals surface area contributed by atoms with Crippen LogP contribution in [0.3, 0.4) is 0 Å². The van der Waals surface area contributed by atoms with E-state index in [-0.39, 0.29) is 12.1 Å². The molecule has 106 valence electrons. The largest absolute Gasteiger partial charge is 0.478 e. The van der Waals surface area contributed by atoms with Gasteiger partial charge in [0.15, 0.2) is 0 Å². The lowest BCUT2D eigenvalue weighted by atomic mass is 10.1. The quantitative estimate of drug-likeness (QED) is 0.677. The lowest BCUT2D eigenvalue weighted by molar-refractivity contribution is -0.136. The monoisotopic (exact) mass is 277 g/mol. The summed E-state index contributed by atoms with van der Waals surface area (Å²) in [5.41, 5.74) is 0.118. The van der Waals surface area contributed by atoms with Crippen LogP contribution in [0.25, 0.3) is 0 Å². The molecule has 1 aromatic rings. The fraction of sp³-hybridized carbons (Fsp3) is 0.214. The molecule has 0 aliphatic rings. The Kier molecular flexibility index (Phi) is 5.46. The molecule has 1 aromatic carbocycles. The zero-order chi connectivity index (χ0) is 15.1. The summed E-state index contributed by atoms with van der Waals surface area (Å²) in [6.45, 7) is 1.43. The van der Waals surface area contributed by atoms with Crippen molar-refractivity contribution >= 4 is 17.8 Å². The average Bonchev–Trinajstić information content (AvgIpc) is 2.42. The van der Waals surface area contributed by atoms with Crippen LogP contribution in [0, 0.1) is 0 Å². The molecule has 1 amide bonds. The van der Waals surface area contributed by atoms with E-state index in [9.17, 15) is 14.4 Å². The van der Waals surface area contributed by atoms with Crippen LogP contribution in [0.2, 0.25) is 0 Å². The second-order valence-corrected chi connectivity index (χ2v) is 4.15. The summed E-state index contributed by atoms with van der Waals surface area (Å²) < 4.78 is 0. The number of hydrogen-bond acceptors (Lipinski definition) is 3. The molecule has 0 unspecified atom stereocenters. The highest BCUT2D eigenvalue weighted by Crippen LogP contribution is 2.10. The van der Waals surface area contributed by atoms with Crippen molar-refractivity contribution < 1.29 is 24.6 Å². The Morgan fingerprint density at radius 3 is 2.15 bits per heavy atom. The molecule has 0 bridgehead atoms. The van der Waals surface area contributed by atoms with Crippen molar-refractivity contribution in [3.63, 3.8) is 0 Å². The van der Waals surface area contributed by atoms with Gasteiger partial charge in [-0.15, -0.1) is 0 Å². The molecule has 6 nitrogen and oxygen atoms in total. The molecule has 0 saturated heterocycles. The molecule has 0 saturated carbocycles. The van der Waals surface area contributed by atoms with Crippen molar-refractivity contribution in [1.29, 1.82) is 0 Å². The average molecular weight is 277 g/mol. The smallest absolute Gasteiger partial charge is 0.332 e. The van der Waals surface area contributed by atoms with Crippen molar-refractivity contribution in [3.05, 3.63) is 47.0 Å². The maximum atomic E-state index is 11.7. The van der Waals surface area contributed by atoms with E-state index in [0.717, 1.165) is 12.5 Å². The Hall–Kier alpha value is -2.63. The molecule has 0 aliphatic carbocycles. The van der Waals surface area contributed by atoms with Gasteiger partial charge in [0.2, 0.25) is 5.91 Å². The Morgan fingerprint density at radius 1 is 1.05 bits per heavy atom. The summed E-state index contributed by atoms with van der Waals surface area (Å²) >= 11 is 0. The molecular formula is C14H15NO5. The van der Waals surface area contributed by atoms with Crippen LogP contribution in [0.5, 0.6) is 0 Å². The maximum absolute atomic E-state index is 11.7. The van der Waals surface area contributed by atoms with E-state index in [0.29, 0.717) is 0 Å². The van der Waals surface area contributed by atoms with Gasteiger partial charge in [-0.05, 0) is 12.5 Å². The molecule has 20 heavy (non-hydrogen) atoms. The van der Waals surface area contributed by atoms with Gasteiger partial charge in [0.05, 0.1) is 12.0 Å². The topological polar surface area (TPSA) is 104 Å². The standard InChI is InChI=1S/C14H15NO5/c1-9(13(17)18)11(14(19)20)7-12(16)15-8-10-5-3-2-4-6-10/h2-6H,7-8H2,1H3,(H,15,16)(H,17,18)(H,19,20)/b11-9+. The third-order valence-electron chi connectivity index (χ3n) is 2.70. The van der Waals surface area contributed by atoms with E-state index < -0.39 is 29.8 Å². The minimum atomic E-state index is -1.40. The Morgan fingerprint density at radius 2 is 1.65 bits per heavy atom. The fourth-order valence-corrected chi connectivity index (χ4v) is 1.52. The van der Waals surface area contributed by atoms with E-state index in [2.05, 4.69) is 5.32 Å². The number of aliphatic carboxylic acids is 2. The number of benzene rings is 1. The van der Waals surface area contributed by atoms with Gasteiger partial charge in [-0.2, -0.15) is 0 Å². The van der Waals surface area contributed by atoms with E-state index >= 15 is 0 Å². The van der Waals surface area contributed by atoms with E-state index in [1.165, 1.54) is 0 Å². The van der Waals surface area contributed by atoms with E-state index in [1.807, 2.05) is 30.3 Å². The summed E-state index contributed by atoms with van der Waals surface area (Å²) in [4.78, 5) is 33.4. The first-order valence-corrected chi connectivity index (χ1v) is 5.88. The number of amides is 1. The predicted molar refractivity (Wildman–Crippen MR) is 70.9 cm³/mol. The van der Waals surface area contributed by atoms with Gasteiger partial charge in [0.25, 0.3) is 0 Å². The van der Waals surface area contributed by atoms with Crippen LogP contribution >= 0.6 is 0 Å². The summed E-state index contributed by atoms with van der Waals surface area (Å²) in [6.07, 6.45) is -0.472. The first kappa shape index (κ1) is 15.4. The molecule has 0 fully saturated rings. The van der Waals surface area contributed by atoms with Crippen molar-refractivity contribution in [2.75, 3.05) is 0 Å². The van der Waals surface area contributed by atoms with Gasteiger partial charge in [0.1, 0.15) is 0 Å². The van der Waals surface area contributed by atoms with Crippen molar-refractivity contribution in [3.8, 4) is 0 Å². The first-order valence-electron chi connectivity index (χ1n) is 5.88. The van der Waals surface area contributed by atoms with Crippen molar-refractivity contribution in [2.45, 2.75) is 19.9 Å². The molecule has 3 N–H and O–H groups in total. The third-order valence-corrected chi connectivity index (χ3v) is 2.70. The molecular weight excluding hydrogens is 262 g/mol. The number of hydrogen-bond donors (Lipinski definition) is 3. The van der Waals surface area contributed by atoms with Crippen LogP contribution in [-0.2, 0) is 20.9 Å². The van der Waals surface area contributed by atoms with Gasteiger partial charge < -0.3 is 15.5 Å². The number of rotatable bonds is 6. The molecule has 0 aromatic heterocycles. The molecule has 0 atom stereocenters. The number of carbonyl (C=O) groups excluding carboxylic acids is 1. The van der Waals surface area contributed by atoms with Crippen LogP contribution in [0.4, 0.5) is 0 Å². The maximum Gasteiger partial charge on any atom is 0.332 e. The normalized spacial score (nSPS) is 11.4. The van der Waals surface area contributed by atoms with Gasteiger partial charge in [0, 0.05) is 12.1 Å². The highest BCUT2D eigenvalue weighted by molar-refractivity contribution is 6.01. The number of carbonyl (C=O) groups is 3. The minimum Gasteiger partial charge on any atom is -0.478 e. The Bertz CT molecular complexity index is 548. The molecule has 0 aliphatic heterocycles. The predicted octanol–water partition coefficient (Wildman–Crippen LogP) is 1.18. The Labute approximate surface area is 115 Å². The second-order valence-electron chi connectivity index (χ2n) is 4.15. The Balaban J connectivity index is 2.67. The molecule has 0 spiro atoms. The summed E-state index contributed by atoms with van der Waals surface area (Å²) in [5.74, 6) is -3.29. The zero-order valence-corrected chi connectivity index (χ0v) is 10.9. The van der Waals surface area contributed by atoms with E-state index in [4.69, 9.17) is 10.2 Å². The summed E-state index contributed by atoms with van der Waals surface area (Å²) in [7, 11) is 0. The van der Waals surface area contributed by atoms with Crippen LogP contribution in [0.15, 0.2) is 41.5 Å². The number of carboxylic acids is 2. The van der Waals surface area contributed by atoms with Crippen molar-refractivity contribution in [1.82, 2.24) is 5.32 Å². The highest BCUT2D eigenvalue weighted by atomic mass is 16.4. The molecule has 6 heteroatoms. The molecule has 0 radical (unpaired) electrons. The van der Waals surface area contributed by atoms with Gasteiger partial charge >= 0.3 is 11.9 Å². The third kappa shape index (κ3) is 4.56. The number of nitrogens with one attached hydrogen (secondary N) is 1. The van der Waals surface area contributed by atoms with Gasteiger partial charge in [-0.3, -0.25) is 4.79 Å². The zero-order valence-electron chi connectivity index (χ0n) is 10.9. The van der Waals surface area contributed by atoms with E-state index in [1.54, 1.807) is 0 Å². The summed E-state index contributed by atoms with van der Waals surface area (Å²) in [5, 5.41) is 20.2. The van der Waals surface area contributed by atoms with Crippen LogP contribution < -0.4 is 5.32 Å².